The lowest BCUT2D eigenvalue weighted by molar-refractivity contribution is -0.138. The SMILES string of the molecule is CC(C)(CC(=O)O)NC(=O)N1CCN(CCO)CC1. The van der Waals surface area contributed by atoms with Crippen molar-refractivity contribution in [1.82, 2.24) is 15.1 Å². The van der Waals surface area contributed by atoms with E-state index in [1.54, 1.807) is 18.7 Å². The van der Waals surface area contributed by atoms with Crippen molar-refractivity contribution in [2.45, 2.75) is 25.8 Å². The largest absolute Gasteiger partial charge is 0.481 e. The predicted molar refractivity (Wildman–Crippen MR) is 70.0 cm³/mol. The number of urea groups is 1. The van der Waals surface area contributed by atoms with Crippen LogP contribution in [0.15, 0.2) is 0 Å². The van der Waals surface area contributed by atoms with E-state index in [0.29, 0.717) is 19.6 Å². The van der Waals surface area contributed by atoms with Crippen molar-refractivity contribution in [2.75, 3.05) is 39.3 Å². The van der Waals surface area contributed by atoms with E-state index in [2.05, 4.69) is 10.2 Å². The predicted octanol–water partition coefficient (Wildman–Crippen LogP) is -0.441. The number of nitrogens with zero attached hydrogens (tertiary/aromatic N) is 2. The van der Waals surface area contributed by atoms with E-state index in [9.17, 15) is 9.59 Å². The van der Waals surface area contributed by atoms with Crippen LogP contribution >= 0.6 is 0 Å². The number of carbonyl (C=O) groups excluding carboxylic acids is 1. The van der Waals surface area contributed by atoms with Crippen LogP contribution in [-0.4, -0.2) is 76.9 Å². The lowest BCUT2D eigenvalue weighted by Gasteiger charge is -2.36. The number of rotatable bonds is 5. The second kappa shape index (κ2) is 6.72. The summed E-state index contributed by atoms with van der Waals surface area (Å²) < 4.78 is 0. The zero-order valence-electron chi connectivity index (χ0n) is 11.6. The van der Waals surface area contributed by atoms with Gasteiger partial charge in [-0.05, 0) is 13.8 Å². The van der Waals surface area contributed by atoms with Gasteiger partial charge in [0.05, 0.1) is 13.0 Å². The Morgan fingerprint density at radius 1 is 1.21 bits per heavy atom. The molecule has 1 rings (SSSR count). The molecule has 0 spiro atoms. The summed E-state index contributed by atoms with van der Waals surface area (Å²) in [6.45, 7) is 6.78. The molecule has 0 aliphatic carbocycles. The summed E-state index contributed by atoms with van der Waals surface area (Å²) in [5, 5.41) is 20.4. The maximum atomic E-state index is 12.0. The van der Waals surface area contributed by atoms with Crippen LogP contribution in [0.1, 0.15) is 20.3 Å². The van der Waals surface area contributed by atoms with E-state index in [0.717, 1.165) is 13.1 Å². The maximum absolute atomic E-state index is 12.0. The van der Waals surface area contributed by atoms with Crippen LogP contribution in [0.3, 0.4) is 0 Å². The van der Waals surface area contributed by atoms with Crippen molar-refractivity contribution >= 4 is 12.0 Å². The fourth-order valence-corrected chi connectivity index (χ4v) is 2.11. The topological polar surface area (TPSA) is 93.1 Å². The molecule has 1 fully saturated rings. The highest BCUT2D eigenvalue weighted by atomic mass is 16.4. The standard InChI is InChI=1S/C12H23N3O4/c1-12(2,9-10(17)18)13-11(19)15-5-3-14(4-6-15)7-8-16/h16H,3-9H2,1-2H3,(H,13,19)(H,17,18). The molecule has 0 atom stereocenters. The van der Waals surface area contributed by atoms with Crippen LogP contribution in [0, 0.1) is 0 Å². The zero-order chi connectivity index (χ0) is 14.5. The average Bonchev–Trinajstić information content (AvgIpc) is 2.27. The lowest BCUT2D eigenvalue weighted by Crippen LogP contribution is -2.56. The van der Waals surface area contributed by atoms with Crippen LogP contribution in [0.25, 0.3) is 0 Å². The van der Waals surface area contributed by atoms with Gasteiger partial charge in [0.1, 0.15) is 0 Å². The molecule has 0 aromatic heterocycles. The third-order valence-electron chi connectivity index (χ3n) is 3.11. The van der Waals surface area contributed by atoms with Crippen molar-refractivity contribution < 1.29 is 19.8 Å². The quantitative estimate of drug-likeness (QED) is 0.631. The maximum Gasteiger partial charge on any atom is 0.317 e. The highest BCUT2D eigenvalue weighted by molar-refractivity contribution is 5.76. The lowest BCUT2D eigenvalue weighted by atomic mass is 10.0. The summed E-state index contributed by atoms with van der Waals surface area (Å²) in [7, 11) is 0. The van der Waals surface area contributed by atoms with Crippen molar-refractivity contribution in [2.24, 2.45) is 0 Å². The molecule has 1 saturated heterocycles. The van der Waals surface area contributed by atoms with Gasteiger partial charge in [0.25, 0.3) is 0 Å². The smallest absolute Gasteiger partial charge is 0.317 e. The van der Waals surface area contributed by atoms with Crippen molar-refractivity contribution in [3.63, 3.8) is 0 Å². The molecule has 1 heterocycles. The number of hydrogen-bond donors (Lipinski definition) is 3. The van der Waals surface area contributed by atoms with Crippen molar-refractivity contribution in [3.8, 4) is 0 Å². The third-order valence-corrected chi connectivity index (χ3v) is 3.11. The normalized spacial score (nSPS) is 17.3. The van der Waals surface area contributed by atoms with Crippen molar-refractivity contribution in [3.05, 3.63) is 0 Å². The highest BCUT2D eigenvalue weighted by Gasteiger charge is 2.28. The number of hydrogen-bond acceptors (Lipinski definition) is 4. The van der Waals surface area contributed by atoms with Crippen molar-refractivity contribution in [1.29, 1.82) is 0 Å². The summed E-state index contributed by atoms with van der Waals surface area (Å²) in [5.74, 6) is -0.932. The Morgan fingerprint density at radius 3 is 2.26 bits per heavy atom. The van der Waals surface area contributed by atoms with Crippen LogP contribution in [0.4, 0.5) is 4.79 Å². The molecular weight excluding hydrogens is 250 g/mol. The summed E-state index contributed by atoms with van der Waals surface area (Å²) in [5.41, 5.74) is -0.759. The molecule has 0 bridgehead atoms. The second-order valence-electron chi connectivity index (χ2n) is 5.44. The van der Waals surface area contributed by atoms with E-state index in [-0.39, 0.29) is 19.1 Å². The Hall–Kier alpha value is -1.34. The number of nitrogens with one attached hydrogen (secondary N) is 1. The Balaban J connectivity index is 2.41. The Morgan fingerprint density at radius 2 is 1.79 bits per heavy atom. The van der Waals surface area contributed by atoms with Gasteiger partial charge in [-0.25, -0.2) is 4.79 Å². The number of piperazine rings is 1. The minimum atomic E-state index is -0.932. The van der Waals surface area contributed by atoms with Gasteiger partial charge in [-0.2, -0.15) is 0 Å². The molecule has 0 saturated carbocycles. The number of aliphatic carboxylic acids is 1. The molecule has 7 nitrogen and oxygen atoms in total. The number of carboxylic acid groups (broad SMARTS) is 1. The number of aliphatic hydroxyl groups excluding tert-OH is 1. The van der Waals surface area contributed by atoms with Gasteiger partial charge in [-0.1, -0.05) is 0 Å². The second-order valence-corrected chi connectivity index (χ2v) is 5.44. The number of aliphatic hydroxyl groups is 1. The first-order chi connectivity index (χ1) is 8.84. The minimum absolute atomic E-state index is 0.108. The number of amides is 2. The summed E-state index contributed by atoms with van der Waals surface area (Å²) in [4.78, 5) is 26.5. The van der Waals surface area contributed by atoms with E-state index < -0.39 is 11.5 Å². The molecule has 19 heavy (non-hydrogen) atoms. The number of carboxylic acids is 1. The molecule has 0 radical (unpaired) electrons. The van der Waals surface area contributed by atoms with Gasteiger partial charge in [-0.15, -0.1) is 0 Å². The average molecular weight is 273 g/mol. The van der Waals surface area contributed by atoms with Crippen LogP contribution < -0.4 is 5.32 Å². The highest BCUT2D eigenvalue weighted by Crippen LogP contribution is 2.10. The summed E-state index contributed by atoms with van der Waals surface area (Å²) >= 11 is 0. The van der Waals surface area contributed by atoms with E-state index in [1.807, 2.05) is 0 Å². The molecule has 0 aromatic rings. The molecule has 7 heteroatoms. The van der Waals surface area contributed by atoms with E-state index in [1.165, 1.54) is 0 Å². The first-order valence-electron chi connectivity index (χ1n) is 6.46. The fourth-order valence-electron chi connectivity index (χ4n) is 2.11. The van der Waals surface area contributed by atoms with Gasteiger partial charge >= 0.3 is 12.0 Å². The molecule has 2 amide bonds. The molecule has 3 N–H and O–H groups in total. The van der Waals surface area contributed by atoms with Gasteiger partial charge in [0.2, 0.25) is 0 Å². The number of β-amino-alcohol motifs (C(OH)–C–C–N with tert-alkyl or cyclic N) is 1. The van der Waals surface area contributed by atoms with Gasteiger partial charge in [0.15, 0.2) is 0 Å². The molecule has 0 unspecified atom stereocenters. The van der Waals surface area contributed by atoms with Gasteiger partial charge < -0.3 is 20.4 Å². The Kier molecular flexibility index (Phi) is 5.56. The zero-order valence-corrected chi connectivity index (χ0v) is 11.6. The summed E-state index contributed by atoms with van der Waals surface area (Å²) in [6.07, 6.45) is -0.108. The minimum Gasteiger partial charge on any atom is -0.481 e. The van der Waals surface area contributed by atoms with Crippen LogP contribution in [0.5, 0.6) is 0 Å². The van der Waals surface area contributed by atoms with E-state index >= 15 is 0 Å². The summed E-state index contributed by atoms with van der Waals surface area (Å²) in [6, 6.07) is -0.227. The van der Waals surface area contributed by atoms with Gasteiger partial charge in [-0.3, -0.25) is 9.69 Å². The Bertz CT molecular complexity index is 325. The molecule has 1 aliphatic rings. The van der Waals surface area contributed by atoms with E-state index in [4.69, 9.17) is 10.2 Å². The van der Waals surface area contributed by atoms with Gasteiger partial charge in [0, 0.05) is 38.3 Å². The third kappa shape index (κ3) is 5.44. The molecule has 110 valence electrons. The first-order valence-corrected chi connectivity index (χ1v) is 6.46. The molecular formula is C12H23N3O4. The molecule has 1 aliphatic heterocycles. The number of carbonyl (C=O) groups is 2. The van der Waals surface area contributed by atoms with Crippen LogP contribution in [0.2, 0.25) is 0 Å². The fraction of sp³-hybridized carbons (Fsp3) is 0.833. The van der Waals surface area contributed by atoms with Crippen LogP contribution in [-0.2, 0) is 4.79 Å². The first kappa shape index (κ1) is 15.7. The monoisotopic (exact) mass is 273 g/mol. The molecule has 0 aromatic carbocycles. The Labute approximate surface area is 113 Å².